The molecule has 0 unspecified atom stereocenters. The molecule has 0 aliphatic rings. The number of hydrogen-bond acceptors (Lipinski definition) is 3. The molecule has 2 rings (SSSR count). The molecule has 5 nitrogen and oxygen atoms in total. The summed E-state index contributed by atoms with van der Waals surface area (Å²) in [5.41, 5.74) is 1.49. The van der Waals surface area contributed by atoms with Crippen molar-refractivity contribution in [2.45, 2.75) is 6.54 Å². The molecule has 0 atom stereocenters. The number of carbonyl (C=O) groups excluding carboxylic acids is 1. The Kier molecular flexibility index (Phi) is 4.47. The van der Waals surface area contributed by atoms with Gasteiger partial charge in [-0.2, -0.15) is 0 Å². The van der Waals surface area contributed by atoms with Crippen LogP contribution >= 0.6 is 15.9 Å². The Bertz CT molecular complexity index is 641. The molecule has 20 heavy (non-hydrogen) atoms. The molecule has 2 N–H and O–H groups in total. The number of pyridine rings is 1. The number of rotatable bonds is 4. The fourth-order valence-electron chi connectivity index (χ4n) is 1.60. The average Bonchev–Trinajstić information content (AvgIpc) is 2.45. The van der Waals surface area contributed by atoms with Crippen LogP contribution in [0.2, 0.25) is 0 Å². The summed E-state index contributed by atoms with van der Waals surface area (Å²) < 4.78 is 0.485. The van der Waals surface area contributed by atoms with Crippen molar-refractivity contribution in [3.63, 3.8) is 0 Å². The highest BCUT2D eigenvalue weighted by atomic mass is 79.9. The molecule has 0 fully saturated rings. The Morgan fingerprint density at radius 1 is 1.20 bits per heavy atom. The topological polar surface area (TPSA) is 79.3 Å². The lowest BCUT2D eigenvalue weighted by atomic mass is 10.1. The van der Waals surface area contributed by atoms with Crippen LogP contribution in [0.3, 0.4) is 0 Å². The van der Waals surface area contributed by atoms with Gasteiger partial charge < -0.3 is 10.4 Å². The number of aromatic carboxylic acids is 1. The van der Waals surface area contributed by atoms with Crippen molar-refractivity contribution >= 4 is 27.8 Å². The SMILES string of the molecule is O=C(O)c1ccc(CNC(=O)c2cccnc2Br)cc1. The summed E-state index contributed by atoms with van der Waals surface area (Å²) in [7, 11) is 0. The lowest BCUT2D eigenvalue weighted by Crippen LogP contribution is -2.23. The molecule has 0 bridgehead atoms. The van der Waals surface area contributed by atoms with Crippen molar-refractivity contribution < 1.29 is 14.7 Å². The smallest absolute Gasteiger partial charge is 0.335 e. The van der Waals surface area contributed by atoms with Gasteiger partial charge in [-0.25, -0.2) is 9.78 Å². The van der Waals surface area contributed by atoms with Crippen LogP contribution in [-0.4, -0.2) is 22.0 Å². The second kappa shape index (κ2) is 6.29. The molecule has 1 aromatic heterocycles. The van der Waals surface area contributed by atoms with Crippen molar-refractivity contribution in [2.75, 3.05) is 0 Å². The molecule has 2 aromatic rings. The van der Waals surface area contributed by atoms with E-state index in [1.807, 2.05) is 0 Å². The van der Waals surface area contributed by atoms with Crippen molar-refractivity contribution in [3.8, 4) is 0 Å². The predicted octanol–water partition coefficient (Wildman–Crippen LogP) is 2.47. The highest BCUT2D eigenvalue weighted by molar-refractivity contribution is 9.10. The summed E-state index contributed by atoms with van der Waals surface area (Å²) in [6, 6.07) is 9.69. The number of carboxylic acid groups (broad SMARTS) is 1. The van der Waals surface area contributed by atoms with E-state index in [0.29, 0.717) is 16.7 Å². The standard InChI is InChI=1S/C14H11BrN2O3/c15-12-11(2-1-7-16-12)13(18)17-8-9-3-5-10(6-4-9)14(19)20/h1-7H,8H2,(H,17,18)(H,19,20). The Labute approximate surface area is 123 Å². The quantitative estimate of drug-likeness (QED) is 0.842. The van der Waals surface area contributed by atoms with Crippen LogP contribution in [-0.2, 0) is 6.54 Å². The Morgan fingerprint density at radius 3 is 2.50 bits per heavy atom. The van der Waals surface area contributed by atoms with E-state index >= 15 is 0 Å². The molecule has 0 radical (unpaired) electrons. The van der Waals surface area contributed by atoms with Gasteiger partial charge in [0.05, 0.1) is 11.1 Å². The number of hydrogen-bond donors (Lipinski definition) is 2. The first kappa shape index (κ1) is 14.2. The molecule has 1 amide bonds. The first-order valence-electron chi connectivity index (χ1n) is 5.79. The molecular formula is C14H11BrN2O3. The van der Waals surface area contributed by atoms with Crippen molar-refractivity contribution in [2.24, 2.45) is 0 Å². The molecule has 1 aromatic carbocycles. The predicted molar refractivity (Wildman–Crippen MR) is 76.5 cm³/mol. The highest BCUT2D eigenvalue weighted by Crippen LogP contribution is 2.12. The lowest BCUT2D eigenvalue weighted by Gasteiger charge is -2.06. The molecule has 0 saturated heterocycles. The second-order valence-corrected chi connectivity index (χ2v) is 4.78. The number of nitrogens with zero attached hydrogens (tertiary/aromatic N) is 1. The van der Waals surface area contributed by atoms with Gasteiger partial charge in [0.15, 0.2) is 0 Å². The van der Waals surface area contributed by atoms with E-state index in [-0.39, 0.29) is 11.5 Å². The number of nitrogens with one attached hydrogen (secondary N) is 1. The molecule has 0 saturated carbocycles. The normalized spacial score (nSPS) is 10.1. The third kappa shape index (κ3) is 3.42. The van der Waals surface area contributed by atoms with E-state index in [2.05, 4.69) is 26.2 Å². The number of carboxylic acids is 1. The summed E-state index contributed by atoms with van der Waals surface area (Å²) in [6.45, 7) is 0.320. The van der Waals surface area contributed by atoms with Crippen LogP contribution < -0.4 is 5.32 Å². The maximum absolute atomic E-state index is 11.9. The maximum Gasteiger partial charge on any atom is 0.335 e. The van der Waals surface area contributed by atoms with Crippen LogP contribution in [0.1, 0.15) is 26.3 Å². The lowest BCUT2D eigenvalue weighted by molar-refractivity contribution is 0.0696. The van der Waals surface area contributed by atoms with Gasteiger partial charge in [0.25, 0.3) is 5.91 Å². The number of amides is 1. The Morgan fingerprint density at radius 2 is 1.90 bits per heavy atom. The second-order valence-electron chi connectivity index (χ2n) is 4.03. The van der Waals surface area contributed by atoms with Gasteiger partial charge in [-0.05, 0) is 45.8 Å². The summed E-state index contributed by atoms with van der Waals surface area (Å²) in [5.74, 6) is -1.22. The van der Waals surface area contributed by atoms with Crippen LogP contribution in [0.25, 0.3) is 0 Å². The minimum Gasteiger partial charge on any atom is -0.478 e. The molecule has 102 valence electrons. The fourth-order valence-corrected chi connectivity index (χ4v) is 2.03. The van der Waals surface area contributed by atoms with Crippen LogP contribution in [0.4, 0.5) is 0 Å². The number of carbonyl (C=O) groups is 2. The zero-order valence-corrected chi connectivity index (χ0v) is 11.9. The fraction of sp³-hybridized carbons (Fsp3) is 0.0714. The first-order chi connectivity index (χ1) is 9.58. The summed E-state index contributed by atoms with van der Waals surface area (Å²) in [4.78, 5) is 26.6. The maximum atomic E-state index is 11.9. The summed E-state index contributed by atoms with van der Waals surface area (Å²) in [6.07, 6.45) is 1.59. The van der Waals surface area contributed by atoms with Gasteiger partial charge in [-0.1, -0.05) is 12.1 Å². The van der Waals surface area contributed by atoms with Crippen molar-refractivity contribution in [1.29, 1.82) is 0 Å². The van der Waals surface area contributed by atoms with Gasteiger partial charge in [-0.15, -0.1) is 0 Å². The zero-order chi connectivity index (χ0) is 14.5. The van der Waals surface area contributed by atoms with E-state index < -0.39 is 5.97 Å². The highest BCUT2D eigenvalue weighted by Gasteiger charge is 2.09. The molecule has 6 heteroatoms. The molecule has 0 aliphatic carbocycles. The van der Waals surface area contributed by atoms with Gasteiger partial charge in [0, 0.05) is 12.7 Å². The van der Waals surface area contributed by atoms with Gasteiger partial charge >= 0.3 is 5.97 Å². The third-order valence-corrected chi connectivity index (χ3v) is 3.29. The van der Waals surface area contributed by atoms with E-state index in [1.165, 1.54) is 12.1 Å². The van der Waals surface area contributed by atoms with E-state index in [4.69, 9.17) is 5.11 Å². The Hall–Kier alpha value is -2.21. The number of halogens is 1. The number of aromatic nitrogens is 1. The summed E-state index contributed by atoms with van der Waals surface area (Å²) in [5, 5.41) is 11.5. The van der Waals surface area contributed by atoms with E-state index in [0.717, 1.165) is 5.56 Å². The number of benzene rings is 1. The largest absolute Gasteiger partial charge is 0.478 e. The third-order valence-electron chi connectivity index (χ3n) is 2.66. The molecular weight excluding hydrogens is 324 g/mol. The van der Waals surface area contributed by atoms with Crippen molar-refractivity contribution in [3.05, 3.63) is 63.9 Å². The summed E-state index contributed by atoms with van der Waals surface area (Å²) >= 11 is 3.21. The Balaban J connectivity index is 2.00. The monoisotopic (exact) mass is 334 g/mol. The van der Waals surface area contributed by atoms with Gasteiger partial charge in [0.1, 0.15) is 4.60 Å². The van der Waals surface area contributed by atoms with E-state index in [9.17, 15) is 9.59 Å². The average molecular weight is 335 g/mol. The van der Waals surface area contributed by atoms with Crippen LogP contribution in [0.5, 0.6) is 0 Å². The molecule has 1 heterocycles. The minimum absolute atomic E-state index is 0.218. The van der Waals surface area contributed by atoms with Crippen LogP contribution in [0.15, 0.2) is 47.2 Å². The van der Waals surface area contributed by atoms with E-state index in [1.54, 1.807) is 30.5 Å². The van der Waals surface area contributed by atoms with Gasteiger partial charge in [0.2, 0.25) is 0 Å². The molecule has 0 aliphatic heterocycles. The molecule has 0 spiro atoms. The minimum atomic E-state index is -0.972. The van der Waals surface area contributed by atoms with Crippen molar-refractivity contribution in [1.82, 2.24) is 10.3 Å². The van der Waals surface area contributed by atoms with Crippen LogP contribution in [0, 0.1) is 0 Å². The first-order valence-corrected chi connectivity index (χ1v) is 6.58. The van der Waals surface area contributed by atoms with Gasteiger partial charge in [-0.3, -0.25) is 4.79 Å². The zero-order valence-electron chi connectivity index (χ0n) is 10.3.